The van der Waals surface area contributed by atoms with Gasteiger partial charge in [-0.05, 0) is 0 Å². The third kappa shape index (κ3) is 2.72. The lowest BCUT2D eigenvalue weighted by molar-refractivity contribution is 0.563. The predicted octanol–water partition coefficient (Wildman–Crippen LogP) is 0.129. The van der Waals surface area contributed by atoms with E-state index in [0.29, 0.717) is 0 Å². The highest BCUT2D eigenvalue weighted by Gasteiger charge is 1.77. The van der Waals surface area contributed by atoms with Crippen LogP contribution in [0, 0.1) is 0 Å². The van der Waals surface area contributed by atoms with E-state index in [1.54, 1.807) is 0 Å². The van der Waals surface area contributed by atoms with Crippen molar-refractivity contribution in [3.05, 3.63) is 12.4 Å². The van der Waals surface area contributed by atoms with Gasteiger partial charge >= 0.3 is 0 Å². The number of hydrogen-bond acceptors (Lipinski definition) is 4. The molecule has 0 aliphatic carbocycles. The molecule has 0 aromatic heterocycles. The minimum Gasteiger partial charge on any atom is -0.211 e. The third-order valence-corrected chi connectivity index (χ3v) is 0.349. The lowest BCUT2D eigenvalue weighted by Gasteiger charge is -1.72. The predicted molar refractivity (Wildman–Crippen MR) is 25.4 cm³/mol. The zero-order valence-corrected chi connectivity index (χ0v) is 3.92. The Bertz CT molecular complexity index is 164. The van der Waals surface area contributed by atoms with E-state index in [1.165, 1.54) is 0 Å². The molecule has 0 spiro atoms. The molecule has 0 bridgehead atoms. The van der Waals surface area contributed by atoms with E-state index in [9.17, 15) is 9.59 Å². The highest BCUT2D eigenvalue weighted by atomic mass is 16.1. The molecule has 0 heterocycles. The van der Waals surface area contributed by atoms with Gasteiger partial charge in [-0.2, -0.15) is 0 Å². The molecule has 40 valence electrons. The number of hydrogen-bond donors (Lipinski definition) is 0. The first kappa shape index (κ1) is 6.50. The summed E-state index contributed by atoms with van der Waals surface area (Å²) in [5.41, 5.74) is 0. The molecule has 4 nitrogen and oxygen atoms in total. The topological polar surface area (TPSA) is 58.9 Å². The van der Waals surface area contributed by atoms with Crippen molar-refractivity contribution < 1.29 is 9.59 Å². The SMILES string of the molecule is C=C(N=C=O)N=C=O. The van der Waals surface area contributed by atoms with Crippen LogP contribution in [0.5, 0.6) is 0 Å². The zero-order chi connectivity index (χ0) is 6.41. The Labute approximate surface area is 45.3 Å². The average molecular weight is 110 g/mol. The first-order valence-electron chi connectivity index (χ1n) is 1.66. The fourth-order valence-electron chi connectivity index (χ4n) is 0.130. The summed E-state index contributed by atoms with van der Waals surface area (Å²) in [6.07, 6.45) is 2.31. The van der Waals surface area contributed by atoms with E-state index in [2.05, 4.69) is 16.6 Å². The van der Waals surface area contributed by atoms with Crippen molar-refractivity contribution >= 4 is 12.2 Å². The molecule has 0 unspecified atom stereocenters. The van der Waals surface area contributed by atoms with Gasteiger partial charge in [0.2, 0.25) is 12.2 Å². The Morgan fingerprint density at radius 2 is 1.62 bits per heavy atom. The van der Waals surface area contributed by atoms with Gasteiger partial charge in [0.05, 0.1) is 0 Å². The molecule has 0 aliphatic heterocycles. The van der Waals surface area contributed by atoms with Gasteiger partial charge in [-0.15, -0.1) is 9.98 Å². The van der Waals surface area contributed by atoms with Gasteiger partial charge in [0.25, 0.3) is 0 Å². The van der Waals surface area contributed by atoms with E-state index >= 15 is 0 Å². The normalized spacial score (nSPS) is 6.00. The van der Waals surface area contributed by atoms with E-state index < -0.39 is 0 Å². The summed E-state index contributed by atoms with van der Waals surface area (Å²) in [7, 11) is 0. The second-order valence-electron chi connectivity index (χ2n) is 0.822. The number of rotatable bonds is 2. The molecule has 0 radical (unpaired) electrons. The highest BCUT2D eigenvalue weighted by Crippen LogP contribution is 1.86. The highest BCUT2D eigenvalue weighted by molar-refractivity contribution is 5.40. The molecule has 0 aliphatic rings. The summed E-state index contributed by atoms with van der Waals surface area (Å²) < 4.78 is 0. The quantitative estimate of drug-likeness (QED) is 0.374. The second kappa shape index (κ2) is 3.68. The van der Waals surface area contributed by atoms with Crippen LogP contribution >= 0.6 is 0 Å². The molecule has 0 saturated heterocycles. The molecule has 0 N–H and O–H groups in total. The summed E-state index contributed by atoms with van der Waals surface area (Å²) in [5, 5.41) is 0. The van der Waals surface area contributed by atoms with E-state index in [1.807, 2.05) is 0 Å². The van der Waals surface area contributed by atoms with Crippen LogP contribution in [-0.2, 0) is 9.59 Å². The summed E-state index contributed by atoms with van der Waals surface area (Å²) in [4.78, 5) is 24.5. The number of isocyanates is 2. The van der Waals surface area contributed by atoms with Crippen molar-refractivity contribution in [2.45, 2.75) is 0 Å². The van der Waals surface area contributed by atoms with Crippen molar-refractivity contribution in [2.75, 3.05) is 0 Å². The van der Waals surface area contributed by atoms with Crippen molar-refractivity contribution in [2.24, 2.45) is 9.98 Å². The first-order valence-corrected chi connectivity index (χ1v) is 1.66. The number of nitrogens with zero attached hydrogens (tertiary/aromatic N) is 2. The summed E-state index contributed by atoms with van der Waals surface area (Å²) >= 11 is 0. The van der Waals surface area contributed by atoms with Crippen LogP contribution in [0.25, 0.3) is 0 Å². The van der Waals surface area contributed by atoms with Gasteiger partial charge in [-0.1, -0.05) is 6.58 Å². The van der Waals surface area contributed by atoms with Crippen LogP contribution in [-0.4, -0.2) is 12.2 Å². The molecule has 0 atom stereocenters. The van der Waals surface area contributed by atoms with Crippen LogP contribution in [0.15, 0.2) is 22.4 Å². The molecule has 0 aromatic carbocycles. The van der Waals surface area contributed by atoms with Gasteiger partial charge in [-0.25, -0.2) is 9.59 Å². The number of aliphatic imine (C=N–C) groups is 2. The van der Waals surface area contributed by atoms with Crippen molar-refractivity contribution in [1.29, 1.82) is 0 Å². The van der Waals surface area contributed by atoms with Gasteiger partial charge in [0.15, 0.2) is 5.82 Å². The Morgan fingerprint density at radius 3 is 1.88 bits per heavy atom. The van der Waals surface area contributed by atoms with Gasteiger partial charge in [0.1, 0.15) is 0 Å². The van der Waals surface area contributed by atoms with E-state index in [-0.39, 0.29) is 5.82 Å². The van der Waals surface area contributed by atoms with Crippen molar-refractivity contribution in [3.8, 4) is 0 Å². The smallest absolute Gasteiger partial charge is 0.211 e. The standard InChI is InChI=1S/C4H2N2O2/c1-4(5-2-7)6-3-8/h1H2. The van der Waals surface area contributed by atoms with Gasteiger partial charge in [0, 0.05) is 0 Å². The van der Waals surface area contributed by atoms with E-state index in [4.69, 9.17) is 0 Å². The minimum absolute atomic E-state index is 0.185. The zero-order valence-electron chi connectivity index (χ0n) is 3.92. The molecule has 0 fully saturated rings. The van der Waals surface area contributed by atoms with Crippen molar-refractivity contribution in [1.82, 2.24) is 0 Å². The van der Waals surface area contributed by atoms with Crippen LogP contribution < -0.4 is 0 Å². The monoisotopic (exact) mass is 110 g/mol. The summed E-state index contributed by atoms with van der Waals surface area (Å²) in [5.74, 6) is -0.185. The maximum Gasteiger partial charge on any atom is 0.242 e. The Balaban J connectivity index is 4.04. The fourth-order valence-corrected chi connectivity index (χ4v) is 0.130. The largest absolute Gasteiger partial charge is 0.242 e. The summed E-state index contributed by atoms with van der Waals surface area (Å²) in [6, 6.07) is 0. The maximum absolute atomic E-state index is 9.35. The Hall–Kier alpha value is -1.50. The molecular weight excluding hydrogens is 108 g/mol. The first-order chi connectivity index (χ1) is 3.81. The number of carbonyl (C=O) groups excluding carboxylic acids is 2. The van der Waals surface area contributed by atoms with E-state index in [0.717, 1.165) is 12.2 Å². The molecule has 0 rings (SSSR count). The molecule has 8 heavy (non-hydrogen) atoms. The van der Waals surface area contributed by atoms with Crippen molar-refractivity contribution in [3.63, 3.8) is 0 Å². The molecule has 0 amide bonds. The average Bonchev–Trinajstić information content (AvgIpc) is 1.68. The fraction of sp³-hybridized carbons (Fsp3) is 0. The van der Waals surface area contributed by atoms with Crippen LogP contribution in [0.3, 0.4) is 0 Å². The maximum atomic E-state index is 9.35. The van der Waals surface area contributed by atoms with Gasteiger partial charge < -0.3 is 0 Å². The molecular formula is C4H2N2O2. The molecule has 0 aromatic rings. The second-order valence-corrected chi connectivity index (χ2v) is 0.822. The summed E-state index contributed by atoms with van der Waals surface area (Å²) in [6.45, 7) is 3.08. The van der Waals surface area contributed by atoms with Crippen LogP contribution in [0.4, 0.5) is 0 Å². The Morgan fingerprint density at radius 1 is 1.25 bits per heavy atom. The van der Waals surface area contributed by atoms with Gasteiger partial charge in [-0.3, -0.25) is 0 Å². The van der Waals surface area contributed by atoms with Crippen LogP contribution in [0.2, 0.25) is 0 Å². The third-order valence-electron chi connectivity index (χ3n) is 0.349. The lowest BCUT2D eigenvalue weighted by Crippen LogP contribution is -1.63. The Kier molecular flexibility index (Phi) is 2.99. The lowest BCUT2D eigenvalue weighted by atomic mass is 10.8. The van der Waals surface area contributed by atoms with Crippen LogP contribution in [0.1, 0.15) is 0 Å². The minimum atomic E-state index is -0.185. The molecule has 4 heteroatoms. The molecule has 0 saturated carbocycles.